The summed E-state index contributed by atoms with van der Waals surface area (Å²) >= 11 is 4.99. The van der Waals surface area contributed by atoms with Crippen LogP contribution in [0, 0.1) is 0 Å². The van der Waals surface area contributed by atoms with E-state index in [0.717, 1.165) is 9.35 Å². The van der Waals surface area contributed by atoms with E-state index in [9.17, 15) is 0 Å². The number of rotatable bonds is 2. The lowest BCUT2D eigenvalue weighted by molar-refractivity contribution is 0.879. The first-order valence-corrected chi connectivity index (χ1v) is 5.15. The van der Waals surface area contributed by atoms with E-state index < -0.39 is 0 Å². The van der Waals surface area contributed by atoms with Gasteiger partial charge in [0.2, 0.25) is 0 Å². The Morgan fingerprint density at radius 2 is 2.23 bits per heavy atom. The Morgan fingerprint density at radius 3 is 2.85 bits per heavy atom. The topological polar surface area (TPSA) is 43.1 Å². The van der Waals surface area contributed by atoms with E-state index >= 15 is 0 Å². The molecule has 0 saturated carbocycles. The van der Waals surface area contributed by atoms with Crippen molar-refractivity contribution in [3.63, 3.8) is 0 Å². The fraction of sp³-hybridized carbons (Fsp3) is 0. The van der Waals surface area contributed by atoms with Crippen LogP contribution in [-0.4, -0.2) is 21.1 Å². The molecule has 4 nitrogen and oxygen atoms in total. The Kier molecular flexibility index (Phi) is 2.51. The van der Waals surface area contributed by atoms with E-state index in [0.29, 0.717) is 0 Å². The molecule has 2 aromatic heterocycles. The minimum Gasteiger partial charge on any atom is -0.208 e. The van der Waals surface area contributed by atoms with E-state index in [1.807, 2.05) is 11.4 Å². The zero-order valence-electron chi connectivity index (χ0n) is 6.46. The fourth-order valence-electron chi connectivity index (χ4n) is 0.774. The lowest BCUT2D eigenvalue weighted by atomic mass is 10.5. The molecule has 0 aliphatic rings. The van der Waals surface area contributed by atoms with Gasteiger partial charge in [-0.1, -0.05) is 0 Å². The van der Waals surface area contributed by atoms with Crippen LogP contribution in [0.5, 0.6) is 0 Å². The number of hydrogen-bond donors (Lipinski definition) is 0. The normalized spacial score (nSPS) is 11.2. The molecule has 0 spiro atoms. The average Bonchev–Trinajstić information content (AvgIpc) is 2.71. The van der Waals surface area contributed by atoms with Gasteiger partial charge in [0.1, 0.15) is 12.7 Å². The van der Waals surface area contributed by atoms with Crippen LogP contribution in [0.15, 0.2) is 33.7 Å². The Labute approximate surface area is 87.1 Å². The third kappa shape index (κ3) is 2.22. The summed E-state index contributed by atoms with van der Waals surface area (Å²) in [6.45, 7) is 0. The van der Waals surface area contributed by atoms with E-state index in [1.165, 1.54) is 0 Å². The third-order valence-electron chi connectivity index (χ3n) is 1.31. The summed E-state index contributed by atoms with van der Waals surface area (Å²) in [5, 5.41) is 13.4. The molecule has 0 aliphatic carbocycles. The van der Waals surface area contributed by atoms with Crippen LogP contribution < -0.4 is 0 Å². The molecule has 2 aromatic rings. The molecule has 2 heterocycles. The van der Waals surface area contributed by atoms with Gasteiger partial charge in [0, 0.05) is 14.7 Å². The number of hydrogen-bond acceptors (Lipinski definition) is 4. The Balaban J connectivity index is 2.14. The summed E-state index contributed by atoms with van der Waals surface area (Å²) in [6.07, 6.45) is 4.84. The first-order valence-electron chi connectivity index (χ1n) is 3.47. The Hall–Kier alpha value is -1.01. The lowest BCUT2D eigenvalue weighted by Crippen LogP contribution is -1.83. The summed E-state index contributed by atoms with van der Waals surface area (Å²) in [7, 11) is 0. The lowest BCUT2D eigenvalue weighted by Gasteiger charge is -1.85. The molecule has 0 aromatic carbocycles. The number of halogens is 1. The molecule has 0 unspecified atom stereocenters. The van der Waals surface area contributed by atoms with Crippen LogP contribution in [0.2, 0.25) is 0 Å². The smallest absolute Gasteiger partial charge is 0.141 e. The number of thiophene rings is 1. The fourth-order valence-corrected chi connectivity index (χ4v) is 2.07. The van der Waals surface area contributed by atoms with Gasteiger partial charge in [-0.2, -0.15) is 5.10 Å². The highest BCUT2D eigenvalue weighted by atomic mass is 79.9. The van der Waals surface area contributed by atoms with Crippen LogP contribution in [0.4, 0.5) is 0 Å². The maximum absolute atomic E-state index is 4.11. The monoisotopic (exact) mass is 256 g/mol. The molecule has 0 fully saturated rings. The highest BCUT2D eigenvalue weighted by molar-refractivity contribution is 9.10. The van der Waals surface area contributed by atoms with Gasteiger partial charge in [0.25, 0.3) is 0 Å². The SMILES string of the molecule is Brc1csc(/C=N\n2cnnc2)c1. The van der Waals surface area contributed by atoms with Crippen LogP contribution >= 0.6 is 27.3 Å². The summed E-state index contributed by atoms with van der Waals surface area (Å²) in [5.41, 5.74) is 0. The molecule has 0 bridgehead atoms. The Morgan fingerprint density at radius 1 is 1.46 bits per heavy atom. The van der Waals surface area contributed by atoms with Crippen molar-refractivity contribution >= 4 is 33.5 Å². The molecule has 6 heteroatoms. The molecule has 0 aliphatic heterocycles. The second-order valence-corrected chi connectivity index (χ2v) is 4.11. The molecule has 0 saturated heterocycles. The summed E-state index contributed by atoms with van der Waals surface area (Å²) < 4.78 is 2.62. The van der Waals surface area contributed by atoms with Crippen molar-refractivity contribution in [1.29, 1.82) is 0 Å². The summed E-state index contributed by atoms with van der Waals surface area (Å²) in [5.74, 6) is 0. The van der Waals surface area contributed by atoms with E-state index in [-0.39, 0.29) is 0 Å². The predicted octanol–water partition coefficient (Wildman–Crippen LogP) is 1.98. The molecule has 66 valence electrons. The van der Waals surface area contributed by atoms with Crippen LogP contribution in [0.1, 0.15) is 4.88 Å². The minimum absolute atomic E-state index is 1.07. The summed E-state index contributed by atoms with van der Waals surface area (Å²) in [4.78, 5) is 1.08. The maximum Gasteiger partial charge on any atom is 0.141 e. The van der Waals surface area contributed by atoms with Gasteiger partial charge in [-0.05, 0) is 22.0 Å². The minimum atomic E-state index is 1.07. The standard InChI is InChI=1S/C7H5BrN4S/c8-6-1-7(13-3-6)2-11-12-4-9-10-5-12/h1-5H/b11-2-. The van der Waals surface area contributed by atoms with Crippen molar-refractivity contribution in [3.8, 4) is 0 Å². The van der Waals surface area contributed by atoms with Gasteiger partial charge in [0.05, 0.1) is 6.21 Å². The van der Waals surface area contributed by atoms with E-state index in [4.69, 9.17) is 0 Å². The van der Waals surface area contributed by atoms with Gasteiger partial charge in [0.15, 0.2) is 0 Å². The van der Waals surface area contributed by atoms with E-state index in [2.05, 4.69) is 31.2 Å². The zero-order valence-corrected chi connectivity index (χ0v) is 8.86. The second kappa shape index (κ2) is 3.80. The van der Waals surface area contributed by atoms with Crippen molar-refractivity contribution in [1.82, 2.24) is 14.9 Å². The molecule has 0 amide bonds. The van der Waals surface area contributed by atoms with Crippen molar-refractivity contribution in [2.75, 3.05) is 0 Å². The molecule has 0 atom stereocenters. The van der Waals surface area contributed by atoms with Gasteiger partial charge in [-0.15, -0.1) is 21.5 Å². The van der Waals surface area contributed by atoms with Crippen molar-refractivity contribution in [2.24, 2.45) is 5.10 Å². The molecular formula is C7H5BrN4S. The number of aromatic nitrogens is 3. The van der Waals surface area contributed by atoms with Gasteiger partial charge in [-0.3, -0.25) is 0 Å². The largest absolute Gasteiger partial charge is 0.208 e. The van der Waals surface area contributed by atoms with Crippen LogP contribution in [0.3, 0.4) is 0 Å². The van der Waals surface area contributed by atoms with Gasteiger partial charge in [-0.25, -0.2) is 4.68 Å². The average molecular weight is 257 g/mol. The summed E-state index contributed by atoms with van der Waals surface area (Å²) in [6, 6.07) is 2.00. The van der Waals surface area contributed by atoms with Crippen molar-refractivity contribution in [3.05, 3.63) is 33.5 Å². The van der Waals surface area contributed by atoms with Crippen molar-refractivity contribution < 1.29 is 0 Å². The van der Waals surface area contributed by atoms with Crippen LogP contribution in [-0.2, 0) is 0 Å². The Bertz CT molecular complexity index is 406. The first kappa shape index (κ1) is 8.58. The maximum atomic E-state index is 4.11. The third-order valence-corrected chi connectivity index (χ3v) is 2.94. The molecule has 0 radical (unpaired) electrons. The quantitative estimate of drug-likeness (QED) is 0.772. The highest BCUT2D eigenvalue weighted by Crippen LogP contribution is 2.17. The molecular weight excluding hydrogens is 252 g/mol. The van der Waals surface area contributed by atoms with Gasteiger partial charge < -0.3 is 0 Å². The highest BCUT2D eigenvalue weighted by Gasteiger charge is 1.92. The molecule has 13 heavy (non-hydrogen) atoms. The van der Waals surface area contributed by atoms with Crippen molar-refractivity contribution in [2.45, 2.75) is 0 Å². The predicted molar refractivity (Wildman–Crippen MR) is 55.0 cm³/mol. The molecule has 0 N–H and O–H groups in total. The molecule has 2 rings (SSSR count). The zero-order chi connectivity index (χ0) is 9.10. The van der Waals surface area contributed by atoms with Gasteiger partial charge >= 0.3 is 0 Å². The van der Waals surface area contributed by atoms with E-state index in [1.54, 1.807) is 34.9 Å². The first-order chi connectivity index (χ1) is 6.34. The van der Waals surface area contributed by atoms with Crippen LogP contribution in [0.25, 0.3) is 0 Å². The second-order valence-electron chi connectivity index (χ2n) is 2.25. The number of nitrogens with zero attached hydrogens (tertiary/aromatic N) is 4.